The van der Waals surface area contributed by atoms with Gasteiger partial charge in [-0.2, -0.15) is 0 Å². The monoisotopic (exact) mass is 316 g/mol. The molecule has 2 rings (SSSR count). The second kappa shape index (κ2) is 5.90. The Morgan fingerprint density at radius 3 is 2.80 bits per heavy atom. The zero-order chi connectivity index (χ0) is 14.8. The van der Waals surface area contributed by atoms with Crippen LogP contribution in [0.3, 0.4) is 0 Å². The van der Waals surface area contributed by atoms with Gasteiger partial charge in [0, 0.05) is 42.6 Å². The lowest BCUT2D eigenvalue weighted by Gasteiger charge is -2.07. The van der Waals surface area contributed by atoms with Gasteiger partial charge in [0.1, 0.15) is 5.65 Å². The lowest BCUT2D eigenvalue weighted by atomic mass is 10.5. The zero-order valence-electron chi connectivity index (χ0n) is 11.2. The van der Waals surface area contributed by atoms with Gasteiger partial charge in [0.25, 0.3) is 10.0 Å². The lowest BCUT2D eigenvalue weighted by molar-refractivity contribution is 0.579. The molecule has 0 aliphatic carbocycles. The summed E-state index contributed by atoms with van der Waals surface area (Å²) in [5.41, 5.74) is 0.538. The molecule has 0 bridgehead atoms. The van der Waals surface area contributed by atoms with Crippen LogP contribution in [0.15, 0.2) is 29.4 Å². The fraction of sp³-hybridized carbons (Fsp3) is 0.364. The van der Waals surface area contributed by atoms with Crippen LogP contribution in [-0.2, 0) is 20.8 Å². The normalized spacial score (nSPS) is 13.5. The third-order valence-electron chi connectivity index (χ3n) is 2.66. The van der Waals surface area contributed by atoms with Crippen LogP contribution in [-0.4, -0.2) is 47.6 Å². The third-order valence-corrected chi connectivity index (χ3v) is 4.92. The van der Waals surface area contributed by atoms with Crippen LogP contribution in [0.5, 0.6) is 0 Å². The number of fused-ring (bicyclic) bond motifs is 1. The van der Waals surface area contributed by atoms with E-state index in [0.717, 1.165) is 0 Å². The van der Waals surface area contributed by atoms with Gasteiger partial charge in [-0.15, -0.1) is 0 Å². The molecule has 0 aliphatic heterocycles. The van der Waals surface area contributed by atoms with E-state index in [4.69, 9.17) is 0 Å². The molecule has 0 amide bonds. The number of hydrogen-bond donors (Lipinski definition) is 2. The number of imidazole rings is 1. The molecule has 2 aromatic heterocycles. The Hall–Kier alpha value is -1.45. The standard InChI is InChI=1S/C11H16N4O3S2/c1-12-10-11(15-7-4-3-5-9(15)14-10)20(17,18)13-6-8-19(2)16/h3-5,7,12-13H,6,8H2,1-2H3. The van der Waals surface area contributed by atoms with Crippen LogP contribution >= 0.6 is 0 Å². The second-order valence-electron chi connectivity index (χ2n) is 4.12. The molecule has 0 radical (unpaired) electrons. The number of anilines is 1. The first-order chi connectivity index (χ1) is 9.45. The number of sulfonamides is 1. The molecule has 1 unspecified atom stereocenters. The lowest BCUT2D eigenvalue weighted by Crippen LogP contribution is -2.29. The SMILES string of the molecule is CNc1nc2ccccn2c1S(=O)(=O)NCCS(C)=O. The van der Waals surface area contributed by atoms with Gasteiger partial charge in [-0.3, -0.25) is 8.61 Å². The second-order valence-corrected chi connectivity index (χ2v) is 7.36. The topological polar surface area (TPSA) is 92.6 Å². The third kappa shape index (κ3) is 3.00. The van der Waals surface area contributed by atoms with E-state index in [1.54, 1.807) is 31.4 Å². The number of aromatic nitrogens is 2. The molecule has 2 N–H and O–H groups in total. The molecule has 9 heteroatoms. The van der Waals surface area contributed by atoms with Crippen molar-refractivity contribution in [1.82, 2.24) is 14.1 Å². The number of rotatable bonds is 6. The summed E-state index contributed by atoms with van der Waals surface area (Å²) in [5.74, 6) is 0.548. The van der Waals surface area contributed by atoms with Crippen molar-refractivity contribution in [2.24, 2.45) is 0 Å². The highest BCUT2D eigenvalue weighted by Crippen LogP contribution is 2.21. The van der Waals surface area contributed by atoms with E-state index in [0.29, 0.717) is 5.65 Å². The van der Waals surface area contributed by atoms with E-state index in [1.165, 1.54) is 10.7 Å². The van der Waals surface area contributed by atoms with E-state index in [1.807, 2.05) is 0 Å². The molecule has 0 fully saturated rings. The van der Waals surface area contributed by atoms with Crippen LogP contribution < -0.4 is 10.0 Å². The van der Waals surface area contributed by atoms with Gasteiger partial charge in [-0.05, 0) is 12.1 Å². The fourth-order valence-corrected chi connectivity index (χ4v) is 3.62. The Balaban J connectivity index is 2.42. The van der Waals surface area contributed by atoms with E-state index in [9.17, 15) is 12.6 Å². The van der Waals surface area contributed by atoms with Gasteiger partial charge >= 0.3 is 0 Å². The molecule has 0 spiro atoms. The zero-order valence-corrected chi connectivity index (χ0v) is 12.8. The van der Waals surface area contributed by atoms with Gasteiger partial charge in [-0.25, -0.2) is 18.1 Å². The molecule has 0 saturated heterocycles. The minimum atomic E-state index is -3.73. The maximum absolute atomic E-state index is 12.4. The summed E-state index contributed by atoms with van der Waals surface area (Å²) in [5, 5.41) is 2.83. The summed E-state index contributed by atoms with van der Waals surface area (Å²) in [6, 6.07) is 5.24. The van der Waals surface area contributed by atoms with Crippen molar-refractivity contribution in [2.45, 2.75) is 5.03 Å². The van der Waals surface area contributed by atoms with Gasteiger partial charge in [0.2, 0.25) is 0 Å². The van der Waals surface area contributed by atoms with Crippen LogP contribution in [0.1, 0.15) is 0 Å². The Kier molecular flexibility index (Phi) is 4.41. The van der Waals surface area contributed by atoms with Crippen molar-refractivity contribution >= 4 is 32.3 Å². The summed E-state index contributed by atoms with van der Waals surface area (Å²) in [6.45, 7) is 0.120. The molecule has 0 aliphatic rings. The molecule has 7 nitrogen and oxygen atoms in total. The van der Waals surface area contributed by atoms with Crippen LogP contribution in [0.4, 0.5) is 5.82 Å². The average molecular weight is 316 g/mol. The first kappa shape index (κ1) is 14.9. The number of pyridine rings is 1. The summed E-state index contributed by atoms with van der Waals surface area (Å²) in [4.78, 5) is 4.21. The van der Waals surface area contributed by atoms with Gasteiger partial charge in [0.05, 0.1) is 0 Å². The smallest absolute Gasteiger partial charge is 0.260 e. The molecular formula is C11H16N4O3S2. The van der Waals surface area contributed by atoms with E-state index in [2.05, 4.69) is 15.0 Å². The maximum atomic E-state index is 12.4. The van der Waals surface area contributed by atoms with Gasteiger partial charge in [-0.1, -0.05) is 6.07 Å². The van der Waals surface area contributed by atoms with Crippen LogP contribution in [0.2, 0.25) is 0 Å². The summed E-state index contributed by atoms with van der Waals surface area (Å²) >= 11 is 0. The minimum Gasteiger partial charge on any atom is -0.371 e. The first-order valence-electron chi connectivity index (χ1n) is 5.90. The molecular weight excluding hydrogens is 300 g/mol. The highest BCUT2D eigenvalue weighted by Gasteiger charge is 2.24. The van der Waals surface area contributed by atoms with Crippen molar-refractivity contribution in [3.63, 3.8) is 0 Å². The van der Waals surface area contributed by atoms with E-state index < -0.39 is 20.8 Å². The Morgan fingerprint density at radius 1 is 1.40 bits per heavy atom. The van der Waals surface area contributed by atoms with Crippen molar-refractivity contribution in [3.8, 4) is 0 Å². The predicted molar refractivity (Wildman–Crippen MR) is 78.9 cm³/mol. The molecule has 2 heterocycles. The summed E-state index contributed by atoms with van der Waals surface area (Å²) in [7, 11) is -3.16. The van der Waals surface area contributed by atoms with Gasteiger partial charge < -0.3 is 5.32 Å². The molecule has 0 saturated carbocycles. The molecule has 110 valence electrons. The quantitative estimate of drug-likeness (QED) is 0.784. The van der Waals surface area contributed by atoms with Crippen molar-refractivity contribution in [2.75, 3.05) is 30.9 Å². The number of nitrogens with zero attached hydrogens (tertiary/aromatic N) is 2. The largest absolute Gasteiger partial charge is 0.371 e. The molecule has 20 heavy (non-hydrogen) atoms. The summed E-state index contributed by atoms with van der Waals surface area (Å²) in [6.07, 6.45) is 3.16. The number of hydrogen-bond acceptors (Lipinski definition) is 5. The Labute approximate surface area is 119 Å². The van der Waals surface area contributed by atoms with E-state index >= 15 is 0 Å². The minimum absolute atomic E-state index is 0.0532. The van der Waals surface area contributed by atoms with Crippen molar-refractivity contribution < 1.29 is 12.6 Å². The first-order valence-corrected chi connectivity index (χ1v) is 9.11. The van der Waals surface area contributed by atoms with E-state index in [-0.39, 0.29) is 23.1 Å². The highest BCUT2D eigenvalue weighted by molar-refractivity contribution is 7.89. The average Bonchev–Trinajstić information content (AvgIpc) is 2.77. The maximum Gasteiger partial charge on any atom is 0.260 e. The Morgan fingerprint density at radius 2 is 2.15 bits per heavy atom. The molecule has 2 aromatic rings. The van der Waals surface area contributed by atoms with Crippen LogP contribution in [0.25, 0.3) is 5.65 Å². The van der Waals surface area contributed by atoms with Crippen molar-refractivity contribution in [1.29, 1.82) is 0 Å². The molecule has 0 aromatic carbocycles. The highest BCUT2D eigenvalue weighted by atomic mass is 32.2. The molecule has 1 atom stereocenters. The number of nitrogens with one attached hydrogen (secondary N) is 2. The predicted octanol–water partition coefficient (Wildman–Crippen LogP) is 0.0328. The fourth-order valence-electron chi connectivity index (χ4n) is 1.78. The van der Waals surface area contributed by atoms with Crippen LogP contribution in [0, 0.1) is 0 Å². The van der Waals surface area contributed by atoms with Gasteiger partial charge in [0.15, 0.2) is 10.8 Å². The summed E-state index contributed by atoms with van der Waals surface area (Å²) < 4.78 is 39.6. The van der Waals surface area contributed by atoms with Crippen molar-refractivity contribution in [3.05, 3.63) is 24.4 Å². The Bertz CT molecular complexity index is 739.